The zero-order valence-electron chi connectivity index (χ0n) is 16.8. The summed E-state index contributed by atoms with van der Waals surface area (Å²) < 4.78 is 11.9. The van der Waals surface area contributed by atoms with Crippen LogP contribution in [0.25, 0.3) is 10.9 Å². The molecule has 8 heteroatoms. The van der Waals surface area contributed by atoms with Gasteiger partial charge in [-0.15, -0.1) is 0 Å². The Morgan fingerprint density at radius 3 is 2.70 bits per heavy atom. The van der Waals surface area contributed by atoms with E-state index in [-0.39, 0.29) is 11.5 Å². The molecule has 1 saturated heterocycles. The first-order valence-corrected chi connectivity index (χ1v) is 10.7. The maximum Gasteiger partial charge on any atom is 0.257 e. The van der Waals surface area contributed by atoms with Gasteiger partial charge in [0.15, 0.2) is 0 Å². The Morgan fingerprint density at radius 2 is 1.97 bits per heavy atom. The number of fused-ring (bicyclic) bond motifs is 1. The van der Waals surface area contributed by atoms with Crippen LogP contribution in [0.2, 0.25) is 0 Å². The van der Waals surface area contributed by atoms with E-state index in [1.54, 1.807) is 6.07 Å². The Bertz CT molecular complexity index is 1170. The summed E-state index contributed by atoms with van der Waals surface area (Å²) in [7, 11) is 1.54. The van der Waals surface area contributed by atoms with Crippen LogP contribution in [0.15, 0.2) is 41.2 Å². The summed E-state index contributed by atoms with van der Waals surface area (Å²) in [6, 6.07) is 11.0. The van der Waals surface area contributed by atoms with Crippen LogP contribution in [0, 0.1) is 10.5 Å². The highest BCUT2D eigenvalue weighted by Gasteiger charge is 2.20. The van der Waals surface area contributed by atoms with Crippen LogP contribution in [0.4, 0.5) is 11.4 Å². The highest BCUT2D eigenvalue weighted by Crippen LogP contribution is 2.32. The van der Waals surface area contributed by atoms with Crippen molar-refractivity contribution in [2.75, 3.05) is 43.6 Å². The van der Waals surface area contributed by atoms with Gasteiger partial charge in [-0.05, 0) is 59.3 Å². The number of hydrogen-bond donors (Lipinski definition) is 2. The third-order valence-electron chi connectivity index (χ3n) is 5.17. The maximum absolute atomic E-state index is 13.3. The van der Waals surface area contributed by atoms with Gasteiger partial charge in [-0.25, -0.2) is 0 Å². The van der Waals surface area contributed by atoms with Gasteiger partial charge in [0.25, 0.3) is 5.91 Å². The molecule has 0 aliphatic carbocycles. The molecule has 0 radical (unpaired) electrons. The Labute approximate surface area is 187 Å². The second kappa shape index (κ2) is 8.65. The van der Waals surface area contributed by atoms with E-state index in [1.165, 1.54) is 13.2 Å². The second-order valence-electron chi connectivity index (χ2n) is 7.13. The van der Waals surface area contributed by atoms with Crippen LogP contribution in [-0.4, -0.2) is 44.3 Å². The zero-order valence-corrected chi connectivity index (χ0v) is 18.9. The van der Waals surface area contributed by atoms with Crippen LogP contribution < -0.4 is 20.5 Å². The Kier molecular flexibility index (Phi) is 5.96. The molecule has 1 amide bonds. The lowest BCUT2D eigenvalue weighted by molar-refractivity contribution is 0.102. The molecule has 1 aliphatic heterocycles. The summed E-state index contributed by atoms with van der Waals surface area (Å²) in [4.78, 5) is 30.1. The molecule has 7 nitrogen and oxygen atoms in total. The Balaban J connectivity index is 1.73. The number of morpholine rings is 1. The van der Waals surface area contributed by atoms with Crippen LogP contribution in [0.5, 0.6) is 5.75 Å². The average Bonchev–Trinajstić information content (AvgIpc) is 2.74. The molecule has 1 fully saturated rings. The largest absolute Gasteiger partial charge is 0.494 e. The van der Waals surface area contributed by atoms with Crippen molar-refractivity contribution < 1.29 is 14.3 Å². The van der Waals surface area contributed by atoms with Gasteiger partial charge in [-0.2, -0.15) is 0 Å². The van der Waals surface area contributed by atoms with Crippen LogP contribution >= 0.6 is 22.6 Å². The number of nitrogens with one attached hydrogen (secondary N) is 2. The fraction of sp³-hybridized carbons (Fsp3) is 0.273. The summed E-state index contributed by atoms with van der Waals surface area (Å²) in [6.07, 6.45) is 0. The van der Waals surface area contributed by atoms with Crippen molar-refractivity contribution >= 4 is 50.8 Å². The molecule has 0 spiro atoms. The first kappa shape index (κ1) is 20.7. The van der Waals surface area contributed by atoms with Crippen molar-refractivity contribution in [3.63, 3.8) is 0 Å². The van der Waals surface area contributed by atoms with Crippen molar-refractivity contribution in [1.82, 2.24) is 4.98 Å². The van der Waals surface area contributed by atoms with Crippen LogP contribution in [0.1, 0.15) is 15.9 Å². The number of benzene rings is 2. The predicted octanol–water partition coefficient (Wildman–Crippen LogP) is 3.54. The number of H-pyrrole nitrogens is 1. The lowest BCUT2D eigenvalue weighted by atomic mass is 10.1. The second-order valence-corrected chi connectivity index (χ2v) is 8.38. The van der Waals surface area contributed by atoms with Gasteiger partial charge in [-0.3, -0.25) is 9.59 Å². The molecule has 2 heterocycles. The molecule has 0 unspecified atom stereocenters. The topological polar surface area (TPSA) is 83.7 Å². The number of aromatic amines is 1. The number of carbonyl (C=O) groups is 1. The number of anilines is 2. The van der Waals surface area contributed by atoms with E-state index in [9.17, 15) is 9.59 Å². The summed E-state index contributed by atoms with van der Waals surface area (Å²) in [5.41, 5.74) is 3.36. The van der Waals surface area contributed by atoms with Crippen LogP contribution in [0.3, 0.4) is 0 Å². The molecule has 2 aromatic carbocycles. The van der Waals surface area contributed by atoms with E-state index in [0.717, 1.165) is 33.3 Å². The third-order valence-corrected chi connectivity index (χ3v) is 5.84. The lowest BCUT2D eigenvalue weighted by Crippen LogP contribution is -2.37. The minimum atomic E-state index is -0.213. The number of amides is 1. The standard InChI is InChI=1S/C22H22IN3O4/c1-13-9-21(27)24-17-12-20(29-2)18(11-15(13)17)25-22(28)16-10-14(23)3-4-19(16)26-5-7-30-8-6-26/h3-4,9-12H,5-8H2,1-2H3,(H,24,27)(H,25,28). The zero-order chi connectivity index (χ0) is 21.3. The lowest BCUT2D eigenvalue weighted by Gasteiger charge is -2.30. The molecule has 1 aliphatic rings. The minimum absolute atomic E-state index is 0.173. The Hall–Kier alpha value is -2.59. The Morgan fingerprint density at radius 1 is 1.20 bits per heavy atom. The number of pyridine rings is 1. The molecule has 0 saturated carbocycles. The summed E-state index contributed by atoms with van der Waals surface area (Å²) in [6.45, 7) is 4.64. The van der Waals surface area contributed by atoms with Crippen molar-refractivity contribution in [3.8, 4) is 5.75 Å². The van der Waals surface area contributed by atoms with E-state index in [2.05, 4.69) is 37.8 Å². The maximum atomic E-state index is 13.3. The molecule has 3 aromatic rings. The average molecular weight is 519 g/mol. The molecule has 4 rings (SSSR count). The molecule has 30 heavy (non-hydrogen) atoms. The predicted molar refractivity (Wildman–Crippen MR) is 126 cm³/mol. The van der Waals surface area contributed by atoms with Crippen molar-refractivity contribution in [1.29, 1.82) is 0 Å². The summed E-state index contributed by atoms with van der Waals surface area (Å²) >= 11 is 2.21. The highest BCUT2D eigenvalue weighted by molar-refractivity contribution is 14.1. The molecule has 2 N–H and O–H groups in total. The number of rotatable bonds is 4. The normalized spacial score (nSPS) is 14.0. The third kappa shape index (κ3) is 4.15. The molecular formula is C22H22IN3O4. The fourth-order valence-corrected chi connectivity index (χ4v) is 4.17. The van der Waals surface area contributed by atoms with Gasteiger partial charge >= 0.3 is 0 Å². The van der Waals surface area contributed by atoms with E-state index < -0.39 is 0 Å². The van der Waals surface area contributed by atoms with Gasteiger partial charge in [-0.1, -0.05) is 0 Å². The van der Waals surface area contributed by atoms with E-state index in [4.69, 9.17) is 9.47 Å². The quantitative estimate of drug-likeness (QED) is 0.516. The van der Waals surface area contributed by atoms with Gasteiger partial charge in [0, 0.05) is 39.9 Å². The molecule has 0 atom stereocenters. The first-order valence-electron chi connectivity index (χ1n) is 9.61. The van der Waals surface area contributed by atoms with Gasteiger partial charge in [0.2, 0.25) is 5.56 Å². The van der Waals surface area contributed by atoms with Crippen LogP contribution in [-0.2, 0) is 4.74 Å². The van der Waals surface area contributed by atoms with Gasteiger partial charge in [0.1, 0.15) is 5.75 Å². The molecular weight excluding hydrogens is 497 g/mol. The first-order chi connectivity index (χ1) is 14.5. The molecule has 1 aromatic heterocycles. The van der Waals surface area contributed by atoms with Crippen molar-refractivity contribution in [3.05, 3.63) is 61.4 Å². The number of ether oxygens (including phenoxy) is 2. The van der Waals surface area contributed by atoms with Crippen molar-refractivity contribution in [2.24, 2.45) is 0 Å². The number of methoxy groups -OCH3 is 1. The van der Waals surface area contributed by atoms with Gasteiger partial charge < -0.3 is 24.7 Å². The number of hydrogen-bond acceptors (Lipinski definition) is 5. The van der Waals surface area contributed by atoms with E-state index in [1.807, 2.05) is 31.2 Å². The van der Waals surface area contributed by atoms with Crippen molar-refractivity contribution in [2.45, 2.75) is 6.92 Å². The monoisotopic (exact) mass is 519 g/mol. The number of nitrogens with zero attached hydrogens (tertiary/aromatic N) is 1. The van der Waals surface area contributed by atoms with E-state index >= 15 is 0 Å². The number of aryl methyl sites for hydroxylation is 1. The van der Waals surface area contributed by atoms with Gasteiger partial charge in [0.05, 0.1) is 37.1 Å². The SMILES string of the molecule is COc1cc2[nH]c(=O)cc(C)c2cc1NC(=O)c1cc(I)ccc1N1CCOCC1. The molecule has 156 valence electrons. The fourth-order valence-electron chi connectivity index (χ4n) is 3.68. The number of halogens is 1. The number of carbonyl (C=O) groups excluding carboxylic acids is 1. The smallest absolute Gasteiger partial charge is 0.257 e. The number of aromatic nitrogens is 1. The summed E-state index contributed by atoms with van der Waals surface area (Å²) in [5, 5.41) is 3.85. The summed E-state index contributed by atoms with van der Waals surface area (Å²) in [5.74, 6) is 0.269. The van der Waals surface area contributed by atoms with E-state index in [0.29, 0.717) is 35.7 Å². The highest BCUT2D eigenvalue weighted by atomic mass is 127. The molecule has 0 bridgehead atoms. The minimum Gasteiger partial charge on any atom is -0.494 e.